The zero-order valence-electron chi connectivity index (χ0n) is 17.1. The Kier molecular flexibility index (Phi) is 5.36. The first kappa shape index (κ1) is 20.6. The highest BCUT2D eigenvalue weighted by atomic mass is 32.1. The number of nitrogens with one attached hydrogen (secondary N) is 1. The Labute approximate surface area is 187 Å². The van der Waals surface area contributed by atoms with E-state index in [2.05, 4.69) is 10.3 Å². The smallest absolute Gasteiger partial charge is 0.252 e. The van der Waals surface area contributed by atoms with Gasteiger partial charge in [-0.3, -0.25) is 14.4 Å². The fourth-order valence-corrected chi connectivity index (χ4v) is 5.01. The van der Waals surface area contributed by atoms with Gasteiger partial charge in [-0.05, 0) is 42.3 Å². The number of phenolic OH excluding ortho intramolecular Hbond substituents is 1. The number of amides is 2. The predicted molar refractivity (Wildman–Crippen MR) is 118 cm³/mol. The minimum Gasteiger partial charge on any atom is -0.508 e. The summed E-state index contributed by atoms with van der Waals surface area (Å²) >= 11 is 1.49. The normalized spacial score (nSPS) is 21.0. The number of benzene rings is 2. The maximum absolute atomic E-state index is 13.5. The van der Waals surface area contributed by atoms with E-state index < -0.39 is 12.1 Å². The molecule has 0 bridgehead atoms. The number of ether oxygens (including phenoxy) is 1. The molecule has 0 saturated carbocycles. The van der Waals surface area contributed by atoms with Crippen LogP contribution in [0.1, 0.15) is 22.3 Å². The van der Waals surface area contributed by atoms with Gasteiger partial charge in [-0.25, -0.2) is 4.98 Å². The second-order valence-corrected chi connectivity index (χ2v) is 8.90. The lowest BCUT2D eigenvalue weighted by molar-refractivity contribution is -0.138. The number of nitrogens with zero attached hydrogens (tertiary/aromatic N) is 2. The van der Waals surface area contributed by atoms with Crippen LogP contribution in [-0.4, -0.2) is 63.9 Å². The van der Waals surface area contributed by atoms with Crippen molar-refractivity contribution in [3.8, 4) is 5.75 Å². The Morgan fingerprint density at radius 1 is 1.25 bits per heavy atom. The van der Waals surface area contributed by atoms with Gasteiger partial charge in [-0.15, -0.1) is 11.3 Å². The third-order valence-corrected chi connectivity index (χ3v) is 6.78. The van der Waals surface area contributed by atoms with Crippen LogP contribution in [0.4, 0.5) is 0 Å². The quantitative estimate of drug-likeness (QED) is 0.614. The molecule has 2 aromatic carbocycles. The average molecular weight is 452 g/mol. The van der Waals surface area contributed by atoms with Crippen LogP contribution >= 0.6 is 11.3 Å². The van der Waals surface area contributed by atoms with E-state index in [4.69, 9.17) is 4.74 Å². The number of Topliss-reactive ketones (excluding diaryl/α,β-unsaturated/α-hetero) is 1. The first-order chi connectivity index (χ1) is 15.5. The highest BCUT2D eigenvalue weighted by Crippen LogP contribution is 2.28. The number of hydrogen-bond acceptors (Lipinski definition) is 7. The first-order valence-electron chi connectivity index (χ1n) is 10.4. The number of aromatic hydroxyl groups is 1. The van der Waals surface area contributed by atoms with Crippen LogP contribution in [-0.2, 0) is 20.7 Å². The molecule has 32 heavy (non-hydrogen) atoms. The van der Waals surface area contributed by atoms with Gasteiger partial charge in [-0.1, -0.05) is 12.1 Å². The van der Waals surface area contributed by atoms with Gasteiger partial charge in [0, 0.05) is 18.5 Å². The van der Waals surface area contributed by atoms with Gasteiger partial charge in [0.1, 0.15) is 24.4 Å². The average Bonchev–Trinajstić information content (AvgIpc) is 3.51. The van der Waals surface area contributed by atoms with Gasteiger partial charge in [0.05, 0.1) is 21.8 Å². The number of fused-ring (bicyclic) bond motifs is 2. The molecule has 5 rings (SSSR count). The Balaban J connectivity index is 1.40. The van der Waals surface area contributed by atoms with E-state index in [0.29, 0.717) is 18.5 Å². The minimum atomic E-state index is -0.870. The van der Waals surface area contributed by atoms with Crippen LogP contribution in [0.15, 0.2) is 48.0 Å². The third-order valence-electron chi connectivity index (χ3n) is 5.97. The van der Waals surface area contributed by atoms with Crippen molar-refractivity contribution < 1.29 is 24.2 Å². The largest absolute Gasteiger partial charge is 0.508 e. The molecule has 2 fully saturated rings. The fourth-order valence-electron chi connectivity index (χ4n) is 4.35. The number of carbonyl (C=O) groups is 3. The molecular formula is C23H21N3O5S. The minimum absolute atomic E-state index is 0.0156. The zero-order chi connectivity index (χ0) is 22.2. The lowest BCUT2D eigenvalue weighted by Gasteiger charge is -2.27. The molecule has 0 spiro atoms. The molecule has 9 heteroatoms. The third kappa shape index (κ3) is 3.85. The number of ketones is 1. The highest BCUT2D eigenvalue weighted by Gasteiger charge is 2.48. The summed E-state index contributed by atoms with van der Waals surface area (Å²) in [6, 6.07) is 10.3. The molecule has 2 N–H and O–H groups in total. The summed E-state index contributed by atoms with van der Waals surface area (Å²) in [5, 5.41) is 12.4. The number of phenols is 1. The van der Waals surface area contributed by atoms with Crippen molar-refractivity contribution in [1.82, 2.24) is 15.2 Å². The lowest BCUT2D eigenvalue weighted by atomic mass is 10.0. The van der Waals surface area contributed by atoms with Crippen molar-refractivity contribution in [2.45, 2.75) is 31.0 Å². The molecule has 0 aliphatic carbocycles. The maximum Gasteiger partial charge on any atom is 0.252 e. The van der Waals surface area contributed by atoms with Gasteiger partial charge in [-0.2, -0.15) is 0 Å². The molecule has 2 saturated heterocycles. The van der Waals surface area contributed by atoms with Crippen molar-refractivity contribution in [3.05, 3.63) is 59.1 Å². The fraction of sp³-hybridized carbons (Fsp3) is 0.304. The molecule has 3 atom stereocenters. The molecule has 3 aromatic rings. The summed E-state index contributed by atoms with van der Waals surface area (Å²) in [6.07, 6.45) is 0.554. The second kappa shape index (κ2) is 8.33. The van der Waals surface area contributed by atoms with Crippen LogP contribution in [0.25, 0.3) is 10.2 Å². The van der Waals surface area contributed by atoms with E-state index in [1.165, 1.54) is 28.4 Å². The van der Waals surface area contributed by atoms with E-state index in [0.717, 1.165) is 15.8 Å². The van der Waals surface area contributed by atoms with Crippen LogP contribution in [0, 0.1) is 0 Å². The monoisotopic (exact) mass is 451 g/mol. The molecule has 2 aliphatic rings. The molecule has 2 amide bonds. The predicted octanol–water partition coefficient (Wildman–Crippen LogP) is 1.91. The Morgan fingerprint density at radius 2 is 2.06 bits per heavy atom. The zero-order valence-corrected chi connectivity index (χ0v) is 17.9. The van der Waals surface area contributed by atoms with Crippen LogP contribution in [0.2, 0.25) is 0 Å². The van der Waals surface area contributed by atoms with Crippen molar-refractivity contribution in [2.24, 2.45) is 0 Å². The Hall–Kier alpha value is -3.30. The summed E-state index contributed by atoms with van der Waals surface area (Å²) in [5.41, 5.74) is 3.63. The van der Waals surface area contributed by atoms with Crippen molar-refractivity contribution in [1.29, 1.82) is 0 Å². The van der Waals surface area contributed by atoms with Gasteiger partial charge in [0.2, 0.25) is 5.91 Å². The molecule has 164 valence electrons. The molecule has 3 heterocycles. The first-order valence-corrected chi connectivity index (χ1v) is 11.2. The Bertz CT molecular complexity index is 1190. The Morgan fingerprint density at radius 3 is 2.88 bits per heavy atom. The lowest BCUT2D eigenvalue weighted by Crippen LogP contribution is -2.53. The number of thiazole rings is 1. The van der Waals surface area contributed by atoms with Crippen molar-refractivity contribution in [2.75, 3.05) is 13.2 Å². The van der Waals surface area contributed by atoms with E-state index in [1.807, 2.05) is 6.07 Å². The summed E-state index contributed by atoms with van der Waals surface area (Å²) in [4.78, 5) is 44.6. The SMILES string of the molecule is O=C(NC(Cc1ccc(O)cc1)C(=O)N1CCC2OCC(=O)C21)c1ccc2scnc2c1. The summed E-state index contributed by atoms with van der Waals surface area (Å²) in [6.45, 7) is 0.425. The standard InChI is InChI=1S/C23H21N3O5S/c27-15-4-1-13(2-5-15)9-17(23(30)26-8-7-19-21(26)18(28)11-31-19)25-22(29)14-3-6-20-16(10-14)24-12-32-20/h1-6,10,12,17,19,21,27H,7-9,11H2,(H,25,29). The molecule has 1 aromatic heterocycles. The van der Waals surface area contributed by atoms with E-state index in [1.54, 1.807) is 29.8 Å². The summed E-state index contributed by atoms with van der Waals surface area (Å²) in [7, 11) is 0. The van der Waals surface area contributed by atoms with Gasteiger partial charge in [0.15, 0.2) is 5.78 Å². The van der Waals surface area contributed by atoms with Crippen molar-refractivity contribution in [3.63, 3.8) is 0 Å². The number of carbonyl (C=O) groups excluding carboxylic acids is 3. The molecular weight excluding hydrogens is 430 g/mol. The van der Waals surface area contributed by atoms with Crippen LogP contribution in [0.5, 0.6) is 5.75 Å². The topological polar surface area (TPSA) is 109 Å². The van der Waals surface area contributed by atoms with Gasteiger partial charge < -0.3 is 20.1 Å². The maximum atomic E-state index is 13.5. The van der Waals surface area contributed by atoms with Gasteiger partial charge >= 0.3 is 0 Å². The van der Waals surface area contributed by atoms with E-state index in [9.17, 15) is 19.5 Å². The molecule has 0 radical (unpaired) electrons. The van der Waals surface area contributed by atoms with E-state index in [-0.39, 0.29) is 42.5 Å². The van der Waals surface area contributed by atoms with Crippen molar-refractivity contribution >= 4 is 39.2 Å². The number of rotatable bonds is 5. The number of aromatic nitrogens is 1. The van der Waals surface area contributed by atoms with Crippen LogP contribution in [0.3, 0.4) is 0 Å². The van der Waals surface area contributed by atoms with Gasteiger partial charge in [0.25, 0.3) is 5.91 Å². The number of hydrogen-bond donors (Lipinski definition) is 2. The van der Waals surface area contributed by atoms with E-state index >= 15 is 0 Å². The summed E-state index contributed by atoms with van der Waals surface area (Å²) in [5.74, 6) is -0.688. The molecule has 3 unspecified atom stereocenters. The van der Waals surface area contributed by atoms with Crippen LogP contribution < -0.4 is 5.32 Å². The highest BCUT2D eigenvalue weighted by molar-refractivity contribution is 7.16. The molecule has 2 aliphatic heterocycles. The number of likely N-dealkylation sites (tertiary alicyclic amines) is 1. The second-order valence-electron chi connectivity index (χ2n) is 8.01. The summed E-state index contributed by atoms with van der Waals surface area (Å²) < 4.78 is 6.47. The molecule has 8 nitrogen and oxygen atoms in total.